The van der Waals surface area contributed by atoms with Crippen LogP contribution in [0.3, 0.4) is 0 Å². The van der Waals surface area contributed by atoms with Gasteiger partial charge in [-0.15, -0.1) is 0 Å². The minimum atomic E-state index is -3.61. The largest absolute Gasteiger partial charge is 0.497 e. The van der Waals surface area contributed by atoms with E-state index in [1.54, 1.807) is 24.0 Å². The molecule has 146 valence electrons. The number of carbonyl (C=O) groups is 1. The average Bonchev–Trinajstić information content (AvgIpc) is 3.12. The van der Waals surface area contributed by atoms with Gasteiger partial charge in [-0.3, -0.25) is 4.79 Å². The van der Waals surface area contributed by atoms with Crippen LogP contribution in [0.15, 0.2) is 40.0 Å². The molecule has 0 radical (unpaired) electrons. The van der Waals surface area contributed by atoms with Crippen molar-refractivity contribution in [3.05, 3.63) is 42.1 Å². The van der Waals surface area contributed by atoms with Crippen molar-refractivity contribution in [1.82, 2.24) is 14.6 Å². The molecule has 1 fully saturated rings. The molecule has 1 aromatic heterocycles. The van der Waals surface area contributed by atoms with Crippen molar-refractivity contribution in [1.29, 1.82) is 0 Å². The van der Waals surface area contributed by atoms with Gasteiger partial charge in [-0.25, -0.2) is 18.1 Å². The summed E-state index contributed by atoms with van der Waals surface area (Å²) in [7, 11) is -2.08. The third kappa shape index (κ3) is 4.48. The molecule has 1 amide bonds. The van der Waals surface area contributed by atoms with Crippen LogP contribution in [0.1, 0.15) is 29.1 Å². The van der Waals surface area contributed by atoms with E-state index < -0.39 is 10.0 Å². The smallest absolute Gasteiger partial charge is 0.291 e. The fraction of sp³-hybridized carbons (Fsp3) is 0.444. The van der Waals surface area contributed by atoms with Gasteiger partial charge < -0.3 is 14.1 Å². The Labute approximate surface area is 158 Å². The van der Waals surface area contributed by atoms with Crippen molar-refractivity contribution in [2.45, 2.75) is 24.7 Å². The molecule has 1 saturated heterocycles. The van der Waals surface area contributed by atoms with Crippen LogP contribution in [0.4, 0.5) is 0 Å². The van der Waals surface area contributed by atoms with Crippen LogP contribution in [0.25, 0.3) is 0 Å². The SMILES string of the molecule is COc1ccc(S(=O)(=O)NC[C@H]2CCCN(C(=O)c3ocnc3C)C2)cc1. The molecular formula is C18H23N3O5S. The third-order valence-electron chi connectivity index (χ3n) is 4.68. The summed E-state index contributed by atoms with van der Waals surface area (Å²) in [5.74, 6) is 0.680. The van der Waals surface area contributed by atoms with Crippen molar-refractivity contribution in [2.24, 2.45) is 5.92 Å². The normalized spacial score (nSPS) is 17.7. The Hall–Kier alpha value is -2.39. The summed E-state index contributed by atoms with van der Waals surface area (Å²) < 4.78 is 37.8. The summed E-state index contributed by atoms with van der Waals surface area (Å²) in [5.41, 5.74) is 0.558. The molecule has 1 aliphatic rings. The molecule has 0 spiro atoms. The van der Waals surface area contributed by atoms with Crippen molar-refractivity contribution in [3.63, 3.8) is 0 Å². The van der Waals surface area contributed by atoms with E-state index in [2.05, 4.69) is 9.71 Å². The number of rotatable bonds is 6. The summed E-state index contributed by atoms with van der Waals surface area (Å²) in [5, 5.41) is 0. The zero-order valence-electron chi connectivity index (χ0n) is 15.3. The van der Waals surface area contributed by atoms with Gasteiger partial charge in [-0.1, -0.05) is 0 Å². The predicted molar refractivity (Wildman–Crippen MR) is 98.1 cm³/mol. The van der Waals surface area contributed by atoms with E-state index in [0.29, 0.717) is 24.5 Å². The number of amides is 1. The van der Waals surface area contributed by atoms with Gasteiger partial charge in [0.25, 0.3) is 5.91 Å². The first-order valence-electron chi connectivity index (χ1n) is 8.74. The van der Waals surface area contributed by atoms with Crippen molar-refractivity contribution in [3.8, 4) is 5.75 Å². The van der Waals surface area contributed by atoms with Gasteiger partial charge in [-0.05, 0) is 49.9 Å². The third-order valence-corrected chi connectivity index (χ3v) is 6.12. The van der Waals surface area contributed by atoms with Gasteiger partial charge in [0.05, 0.1) is 17.7 Å². The second kappa shape index (κ2) is 8.10. The van der Waals surface area contributed by atoms with Crippen LogP contribution in [0, 0.1) is 12.8 Å². The number of hydrogen-bond donors (Lipinski definition) is 1. The molecule has 0 unspecified atom stereocenters. The Morgan fingerprint density at radius 3 is 2.74 bits per heavy atom. The number of carbonyl (C=O) groups excluding carboxylic acids is 1. The number of likely N-dealkylation sites (tertiary alicyclic amines) is 1. The van der Waals surface area contributed by atoms with E-state index in [9.17, 15) is 13.2 Å². The highest BCUT2D eigenvalue weighted by Crippen LogP contribution is 2.20. The molecule has 9 heteroatoms. The molecule has 1 aliphatic heterocycles. The lowest BCUT2D eigenvalue weighted by Gasteiger charge is -2.32. The molecule has 3 rings (SSSR count). The highest BCUT2D eigenvalue weighted by Gasteiger charge is 2.28. The fourth-order valence-electron chi connectivity index (χ4n) is 3.13. The Kier molecular flexibility index (Phi) is 5.81. The lowest BCUT2D eigenvalue weighted by atomic mass is 9.98. The number of sulfonamides is 1. The standard InChI is InChI=1S/C18H23N3O5S/c1-13-17(26-12-19-13)18(22)21-9-3-4-14(11-21)10-20-27(23,24)16-7-5-15(25-2)6-8-16/h5-8,12,14,20H,3-4,9-11H2,1-2H3/t14-/m1/s1. The Bertz CT molecular complexity index is 892. The zero-order chi connectivity index (χ0) is 19.4. The first kappa shape index (κ1) is 19.4. The molecule has 27 heavy (non-hydrogen) atoms. The molecule has 8 nitrogen and oxygen atoms in total. The maximum absolute atomic E-state index is 12.6. The topological polar surface area (TPSA) is 102 Å². The number of benzene rings is 1. The number of ether oxygens (including phenoxy) is 1. The lowest BCUT2D eigenvalue weighted by Crippen LogP contribution is -2.43. The van der Waals surface area contributed by atoms with Crippen LogP contribution in [0.2, 0.25) is 0 Å². The maximum Gasteiger partial charge on any atom is 0.291 e. The van der Waals surface area contributed by atoms with Gasteiger partial charge in [0.2, 0.25) is 15.8 Å². The average molecular weight is 393 g/mol. The van der Waals surface area contributed by atoms with E-state index in [1.807, 2.05) is 0 Å². The van der Waals surface area contributed by atoms with Crippen molar-refractivity contribution in [2.75, 3.05) is 26.7 Å². The van der Waals surface area contributed by atoms with Crippen LogP contribution < -0.4 is 9.46 Å². The Balaban J connectivity index is 1.60. The molecule has 2 heterocycles. The number of oxazole rings is 1. The number of nitrogens with one attached hydrogen (secondary N) is 1. The summed E-state index contributed by atoms with van der Waals surface area (Å²) in [6.45, 7) is 3.10. The van der Waals surface area contributed by atoms with Gasteiger partial charge in [0.15, 0.2) is 6.39 Å². The van der Waals surface area contributed by atoms with Crippen LogP contribution >= 0.6 is 0 Å². The monoisotopic (exact) mass is 393 g/mol. The first-order valence-corrected chi connectivity index (χ1v) is 10.2. The number of aromatic nitrogens is 1. The second-order valence-corrected chi connectivity index (χ2v) is 8.32. The van der Waals surface area contributed by atoms with E-state index in [4.69, 9.17) is 9.15 Å². The summed E-state index contributed by atoms with van der Waals surface area (Å²) in [6, 6.07) is 6.22. The maximum atomic E-state index is 12.6. The Morgan fingerprint density at radius 2 is 2.11 bits per heavy atom. The van der Waals surface area contributed by atoms with Crippen LogP contribution in [0.5, 0.6) is 5.75 Å². The second-order valence-electron chi connectivity index (χ2n) is 6.55. The molecule has 1 atom stereocenters. The van der Waals surface area contributed by atoms with Crippen molar-refractivity contribution >= 4 is 15.9 Å². The quantitative estimate of drug-likeness (QED) is 0.803. The Morgan fingerprint density at radius 1 is 1.37 bits per heavy atom. The summed E-state index contributed by atoms with van der Waals surface area (Å²) in [4.78, 5) is 18.4. The van der Waals surface area contributed by atoms with E-state index in [-0.39, 0.29) is 29.0 Å². The molecule has 1 N–H and O–H groups in total. The van der Waals surface area contributed by atoms with Gasteiger partial charge in [0, 0.05) is 19.6 Å². The number of aryl methyl sites for hydroxylation is 1. The molecule has 2 aromatic rings. The van der Waals surface area contributed by atoms with Crippen LogP contribution in [-0.2, 0) is 10.0 Å². The van der Waals surface area contributed by atoms with Gasteiger partial charge in [-0.2, -0.15) is 0 Å². The molecular weight excluding hydrogens is 370 g/mol. The summed E-state index contributed by atoms with van der Waals surface area (Å²) >= 11 is 0. The number of piperidine rings is 1. The van der Waals surface area contributed by atoms with Gasteiger partial charge >= 0.3 is 0 Å². The number of methoxy groups -OCH3 is 1. The van der Waals surface area contributed by atoms with E-state index in [1.165, 1.54) is 25.6 Å². The minimum Gasteiger partial charge on any atom is -0.497 e. The summed E-state index contributed by atoms with van der Waals surface area (Å²) in [6.07, 6.45) is 2.92. The van der Waals surface area contributed by atoms with E-state index in [0.717, 1.165) is 12.8 Å². The van der Waals surface area contributed by atoms with Gasteiger partial charge in [0.1, 0.15) is 5.75 Å². The molecule has 0 saturated carbocycles. The molecule has 0 aliphatic carbocycles. The lowest BCUT2D eigenvalue weighted by molar-refractivity contribution is 0.0643. The van der Waals surface area contributed by atoms with Crippen LogP contribution in [-0.4, -0.2) is 51.0 Å². The highest BCUT2D eigenvalue weighted by molar-refractivity contribution is 7.89. The number of nitrogens with zero attached hydrogens (tertiary/aromatic N) is 2. The number of hydrogen-bond acceptors (Lipinski definition) is 6. The molecule has 0 bridgehead atoms. The predicted octanol–water partition coefficient (Wildman–Crippen LogP) is 1.82. The zero-order valence-corrected chi connectivity index (χ0v) is 16.2. The molecule has 1 aromatic carbocycles. The fourth-order valence-corrected chi connectivity index (χ4v) is 4.25. The highest BCUT2D eigenvalue weighted by atomic mass is 32.2. The van der Waals surface area contributed by atoms with Crippen molar-refractivity contribution < 1.29 is 22.4 Å². The van der Waals surface area contributed by atoms with E-state index >= 15 is 0 Å². The minimum absolute atomic E-state index is 0.0407. The first-order chi connectivity index (χ1) is 12.9.